The summed E-state index contributed by atoms with van der Waals surface area (Å²) in [6.07, 6.45) is -3.17. The second-order valence-electron chi connectivity index (χ2n) is 8.66. The van der Waals surface area contributed by atoms with Gasteiger partial charge in [-0.05, 0) is 30.9 Å². The number of rotatable bonds is 9. The molecule has 1 atom stereocenters. The van der Waals surface area contributed by atoms with Gasteiger partial charge in [0.15, 0.2) is 5.75 Å². The van der Waals surface area contributed by atoms with E-state index in [4.69, 9.17) is 4.74 Å². The minimum Gasteiger partial charge on any atom is -0.455 e. The zero-order valence-electron chi connectivity index (χ0n) is 19.9. The van der Waals surface area contributed by atoms with Crippen molar-refractivity contribution in [2.75, 3.05) is 0 Å². The quantitative estimate of drug-likeness (QED) is 0.464. The Morgan fingerprint density at radius 2 is 1.86 bits per heavy atom. The van der Waals surface area contributed by atoms with Gasteiger partial charge in [0.05, 0.1) is 17.7 Å². The number of hydrogen-bond donors (Lipinski definition) is 1. The Morgan fingerprint density at radius 3 is 2.49 bits per heavy atom. The monoisotopic (exact) mass is 495 g/mol. The summed E-state index contributed by atoms with van der Waals surface area (Å²) in [6, 6.07) is 4.88. The van der Waals surface area contributed by atoms with Crippen LogP contribution in [0.4, 0.5) is 13.2 Å². The highest BCUT2D eigenvalue weighted by molar-refractivity contribution is 5.81. The van der Waals surface area contributed by atoms with Crippen LogP contribution < -0.4 is 20.7 Å². The summed E-state index contributed by atoms with van der Waals surface area (Å²) in [6.45, 7) is 5.90. The van der Waals surface area contributed by atoms with E-state index in [0.717, 1.165) is 23.1 Å². The van der Waals surface area contributed by atoms with Crippen LogP contribution in [0.5, 0.6) is 17.2 Å². The first-order chi connectivity index (χ1) is 16.4. The molecule has 0 fully saturated rings. The average molecular weight is 495 g/mol. The molecule has 0 aliphatic carbocycles. The minimum atomic E-state index is -4.88. The molecule has 190 valence electrons. The van der Waals surface area contributed by atoms with Crippen LogP contribution in [0.25, 0.3) is 11.0 Å². The highest BCUT2D eigenvalue weighted by atomic mass is 19.4. The second-order valence-corrected chi connectivity index (χ2v) is 8.66. The van der Waals surface area contributed by atoms with Crippen molar-refractivity contribution in [3.8, 4) is 17.2 Å². The van der Waals surface area contributed by atoms with E-state index >= 15 is 0 Å². The molecular weight excluding hydrogens is 467 g/mol. The normalized spacial score (nSPS) is 12.8. The molecule has 1 N–H and O–H groups in total. The molecule has 0 aliphatic heterocycles. The van der Waals surface area contributed by atoms with Gasteiger partial charge in [0.25, 0.3) is 5.56 Å². The van der Waals surface area contributed by atoms with E-state index in [1.807, 2.05) is 20.8 Å². The van der Waals surface area contributed by atoms with Gasteiger partial charge in [-0.15, -0.1) is 13.2 Å². The summed E-state index contributed by atoms with van der Waals surface area (Å²) in [4.78, 5) is 30.4. The molecular formula is C24H28F3N3O5. The summed E-state index contributed by atoms with van der Waals surface area (Å²) in [5.74, 6) is -0.466. The fourth-order valence-corrected chi connectivity index (χ4v) is 3.81. The highest BCUT2D eigenvalue weighted by Crippen LogP contribution is 2.36. The Morgan fingerprint density at radius 1 is 1.17 bits per heavy atom. The van der Waals surface area contributed by atoms with Gasteiger partial charge in [-0.3, -0.25) is 13.9 Å². The van der Waals surface area contributed by atoms with Crippen LogP contribution in [0.15, 0.2) is 40.1 Å². The average Bonchev–Trinajstić information content (AvgIpc) is 2.76. The van der Waals surface area contributed by atoms with Crippen molar-refractivity contribution >= 4 is 11.0 Å². The minimum absolute atomic E-state index is 0.00685. The summed E-state index contributed by atoms with van der Waals surface area (Å²) >= 11 is 0. The number of aryl methyl sites for hydroxylation is 1. The van der Waals surface area contributed by atoms with E-state index in [-0.39, 0.29) is 47.0 Å². The van der Waals surface area contributed by atoms with E-state index in [9.17, 15) is 27.9 Å². The molecule has 0 saturated carbocycles. The van der Waals surface area contributed by atoms with Gasteiger partial charge < -0.3 is 14.6 Å². The molecule has 0 spiro atoms. The first-order valence-electron chi connectivity index (χ1n) is 11.3. The Kier molecular flexibility index (Phi) is 7.89. The number of fused-ring (bicyclic) bond motifs is 1. The van der Waals surface area contributed by atoms with Crippen molar-refractivity contribution in [3.63, 3.8) is 0 Å². The van der Waals surface area contributed by atoms with Gasteiger partial charge in [-0.1, -0.05) is 33.3 Å². The fourth-order valence-electron chi connectivity index (χ4n) is 3.81. The third kappa shape index (κ3) is 6.02. The number of benzene rings is 1. The molecule has 2 aromatic heterocycles. The van der Waals surface area contributed by atoms with Crippen molar-refractivity contribution in [1.82, 2.24) is 14.1 Å². The molecule has 1 aromatic carbocycles. The van der Waals surface area contributed by atoms with E-state index < -0.39 is 29.5 Å². The molecule has 0 bridgehead atoms. The van der Waals surface area contributed by atoms with E-state index in [1.165, 1.54) is 29.9 Å². The van der Waals surface area contributed by atoms with Gasteiger partial charge in [0.1, 0.15) is 17.1 Å². The van der Waals surface area contributed by atoms with Crippen LogP contribution in [0.1, 0.15) is 51.7 Å². The van der Waals surface area contributed by atoms with Crippen LogP contribution in [0.3, 0.4) is 0 Å². The number of nitrogens with zero attached hydrogens (tertiary/aromatic N) is 3. The van der Waals surface area contributed by atoms with Gasteiger partial charge in [-0.2, -0.15) is 0 Å². The summed E-state index contributed by atoms with van der Waals surface area (Å²) < 4.78 is 50.0. The topological polar surface area (TPSA) is 95.6 Å². The van der Waals surface area contributed by atoms with E-state index in [1.54, 1.807) is 0 Å². The van der Waals surface area contributed by atoms with Gasteiger partial charge >= 0.3 is 12.1 Å². The lowest BCUT2D eigenvalue weighted by Gasteiger charge is -2.21. The van der Waals surface area contributed by atoms with Crippen molar-refractivity contribution in [2.24, 2.45) is 13.0 Å². The van der Waals surface area contributed by atoms with Crippen LogP contribution in [-0.4, -0.2) is 25.6 Å². The maximum absolute atomic E-state index is 13.4. The predicted molar refractivity (Wildman–Crippen MR) is 124 cm³/mol. The molecule has 2 heterocycles. The molecule has 0 amide bonds. The van der Waals surface area contributed by atoms with Crippen LogP contribution in [-0.2, 0) is 13.6 Å². The summed E-state index contributed by atoms with van der Waals surface area (Å²) in [5.41, 5.74) is -0.941. The number of aliphatic hydroxyl groups excluding tert-OH is 1. The number of aromatic nitrogens is 3. The zero-order valence-corrected chi connectivity index (χ0v) is 19.9. The Labute approximate surface area is 199 Å². The third-order valence-electron chi connectivity index (χ3n) is 5.39. The first-order valence-corrected chi connectivity index (χ1v) is 11.3. The molecule has 35 heavy (non-hydrogen) atoms. The first kappa shape index (κ1) is 26.3. The Balaban J connectivity index is 2.23. The maximum Gasteiger partial charge on any atom is 0.573 e. The van der Waals surface area contributed by atoms with Crippen LogP contribution in [0, 0.1) is 5.92 Å². The standard InChI is InChI=1S/C24H28F3N3O5/c1-5-6-10-30-22(32)20-19(17(31)11-14(2)3)18(13-28-21(20)29(4)23(30)33)34-15-8-7-9-16(12-15)35-24(25,26)27/h7-9,12-14,17,31H,5-6,10-11H2,1-4H3. The lowest BCUT2D eigenvalue weighted by atomic mass is 9.97. The van der Waals surface area contributed by atoms with Crippen LogP contribution in [0.2, 0.25) is 0 Å². The number of ether oxygens (including phenoxy) is 2. The fraction of sp³-hybridized carbons (Fsp3) is 0.458. The van der Waals surface area contributed by atoms with Crippen molar-refractivity contribution in [1.29, 1.82) is 0 Å². The molecule has 0 radical (unpaired) electrons. The number of halogens is 3. The number of pyridine rings is 1. The second kappa shape index (κ2) is 10.5. The lowest BCUT2D eigenvalue weighted by Crippen LogP contribution is -2.40. The molecule has 3 aromatic rings. The van der Waals surface area contributed by atoms with E-state index in [0.29, 0.717) is 6.42 Å². The number of hydrogen-bond acceptors (Lipinski definition) is 6. The number of aliphatic hydroxyl groups is 1. The van der Waals surface area contributed by atoms with Gasteiger partial charge in [0, 0.05) is 25.2 Å². The summed E-state index contributed by atoms with van der Waals surface area (Å²) in [5, 5.41) is 11.1. The van der Waals surface area contributed by atoms with Crippen LogP contribution >= 0.6 is 0 Å². The zero-order chi connectivity index (χ0) is 25.9. The SMILES string of the molecule is CCCCn1c(=O)c2c(C(O)CC(C)C)c(Oc3cccc(OC(F)(F)F)c3)cnc2n(C)c1=O. The van der Waals surface area contributed by atoms with Crippen molar-refractivity contribution < 1.29 is 27.8 Å². The lowest BCUT2D eigenvalue weighted by molar-refractivity contribution is -0.274. The Bertz CT molecular complexity index is 1310. The molecule has 0 saturated heterocycles. The number of unbranched alkanes of at least 4 members (excludes halogenated alkanes) is 1. The van der Waals surface area contributed by atoms with Gasteiger partial charge in [-0.25, -0.2) is 9.78 Å². The number of alkyl halides is 3. The molecule has 1 unspecified atom stereocenters. The molecule has 8 nitrogen and oxygen atoms in total. The summed E-state index contributed by atoms with van der Waals surface area (Å²) in [7, 11) is 1.48. The van der Waals surface area contributed by atoms with Crippen molar-refractivity contribution in [2.45, 2.75) is 59.0 Å². The molecule has 3 rings (SSSR count). The third-order valence-corrected chi connectivity index (χ3v) is 5.39. The van der Waals surface area contributed by atoms with E-state index in [2.05, 4.69) is 9.72 Å². The Hall–Kier alpha value is -3.34. The highest BCUT2D eigenvalue weighted by Gasteiger charge is 2.31. The van der Waals surface area contributed by atoms with Crippen molar-refractivity contribution in [3.05, 3.63) is 56.9 Å². The largest absolute Gasteiger partial charge is 0.573 e. The molecule has 11 heteroatoms. The predicted octanol–water partition coefficient (Wildman–Crippen LogP) is 4.67. The molecule has 0 aliphatic rings. The smallest absolute Gasteiger partial charge is 0.455 e. The van der Waals surface area contributed by atoms with Gasteiger partial charge in [0.2, 0.25) is 0 Å². The maximum atomic E-state index is 13.4.